The SMILES string of the molecule is COc1ccc2nc(N3C(=O)C(=O)/C(=C(/O)c4ccc(F)cc4)[C@@H]3c3ccccc3F)sc2c1. The fraction of sp³-hybridized carbons (Fsp3) is 0.0800. The minimum Gasteiger partial charge on any atom is -0.507 e. The Morgan fingerprint density at radius 2 is 1.79 bits per heavy atom. The number of benzene rings is 3. The molecular formula is C25H16F2N2O4S. The van der Waals surface area contributed by atoms with Crippen LogP contribution in [0, 0.1) is 11.6 Å². The number of Topliss-reactive ketones (excluding diaryl/α,β-unsaturated/α-hetero) is 1. The summed E-state index contributed by atoms with van der Waals surface area (Å²) in [4.78, 5) is 31.9. The Hall–Kier alpha value is -4.11. The van der Waals surface area contributed by atoms with Crippen molar-refractivity contribution < 1.29 is 28.2 Å². The molecule has 1 aromatic heterocycles. The summed E-state index contributed by atoms with van der Waals surface area (Å²) in [5.74, 6) is -3.09. The molecule has 0 bridgehead atoms. The van der Waals surface area contributed by atoms with Crippen molar-refractivity contribution in [3.05, 3.63) is 95.1 Å². The van der Waals surface area contributed by atoms with E-state index < -0.39 is 35.1 Å². The minimum absolute atomic E-state index is 0.0159. The number of aromatic nitrogens is 1. The number of thiazole rings is 1. The summed E-state index contributed by atoms with van der Waals surface area (Å²) in [5.41, 5.74) is 0.393. The van der Waals surface area contributed by atoms with Crippen LogP contribution in [0.5, 0.6) is 5.75 Å². The molecule has 3 aromatic carbocycles. The summed E-state index contributed by atoms with van der Waals surface area (Å²) in [6.07, 6.45) is 0. The third-order valence-corrected chi connectivity index (χ3v) is 6.57. The number of amides is 1. The third kappa shape index (κ3) is 3.50. The number of aliphatic hydroxyl groups excluding tert-OH is 1. The fourth-order valence-electron chi connectivity index (χ4n) is 3.91. The summed E-state index contributed by atoms with van der Waals surface area (Å²) < 4.78 is 34.3. The largest absolute Gasteiger partial charge is 0.507 e. The van der Waals surface area contributed by atoms with Gasteiger partial charge in [0.05, 0.1) is 22.9 Å². The van der Waals surface area contributed by atoms with Gasteiger partial charge in [-0.25, -0.2) is 13.8 Å². The molecule has 6 nitrogen and oxygen atoms in total. The Bertz CT molecular complexity index is 1480. The Labute approximate surface area is 196 Å². The molecule has 34 heavy (non-hydrogen) atoms. The molecule has 9 heteroatoms. The van der Waals surface area contributed by atoms with E-state index in [9.17, 15) is 23.5 Å². The summed E-state index contributed by atoms with van der Waals surface area (Å²) >= 11 is 1.13. The van der Waals surface area contributed by atoms with E-state index >= 15 is 0 Å². The lowest BCUT2D eigenvalue weighted by Gasteiger charge is -2.23. The van der Waals surface area contributed by atoms with Gasteiger partial charge in [-0.2, -0.15) is 0 Å². The van der Waals surface area contributed by atoms with Crippen LogP contribution in [-0.2, 0) is 9.59 Å². The number of fused-ring (bicyclic) bond motifs is 1. The first-order chi connectivity index (χ1) is 16.4. The molecule has 1 saturated heterocycles. The number of methoxy groups -OCH3 is 1. The molecule has 1 atom stereocenters. The van der Waals surface area contributed by atoms with Crippen LogP contribution in [0.15, 0.2) is 72.3 Å². The second-order valence-electron chi connectivity index (χ2n) is 7.53. The molecule has 170 valence electrons. The number of anilines is 1. The Kier molecular flexibility index (Phi) is 5.33. The molecular weight excluding hydrogens is 462 g/mol. The minimum atomic E-state index is -1.27. The van der Waals surface area contributed by atoms with E-state index in [1.807, 2.05) is 0 Å². The molecule has 4 aromatic rings. The highest BCUT2D eigenvalue weighted by Gasteiger charge is 2.49. The number of halogens is 2. The van der Waals surface area contributed by atoms with Gasteiger partial charge in [-0.15, -0.1) is 0 Å². The van der Waals surface area contributed by atoms with Crippen molar-refractivity contribution in [1.29, 1.82) is 0 Å². The number of ketones is 1. The Morgan fingerprint density at radius 3 is 2.50 bits per heavy atom. The maximum atomic E-state index is 14.9. The normalized spacial score (nSPS) is 17.5. The maximum Gasteiger partial charge on any atom is 0.301 e. The molecule has 5 rings (SSSR count). The zero-order valence-corrected chi connectivity index (χ0v) is 18.5. The summed E-state index contributed by atoms with van der Waals surface area (Å²) in [6, 6.07) is 14.4. The smallest absolute Gasteiger partial charge is 0.301 e. The zero-order chi connectivity index (χ0) is 24.0. The quantitative estimate of drug-likeness (QED) is 0.248. The number of carbonyl (C=O) groups is 2. The van der Waals surface area contributed by atoms with Crippen molar-refractivity contribution in [2.45, 2.75) is 6.04 Å². The lowest BCUT2D eigenvalue weighted by atomic mass is 9.95. The summed E-state index contributed by atoms with van der Waals surface area (Å²) in [5, 5.41) is 11.2. The first-order valence-electron chi connectivity index (χ1n) is 10.1. The van der Waals surface area contributed by atoms with Crippen LogP contribution in [0.25, 0.3) is 16.0 Å². The molecule has 0 spiro atoms. The average Bonchev–Trinajstić information content (AvgIpc) is 3.37. The lowest BCUT2D eigenvalue weighted by Crippen LogP contribution is -2.29. The van der Waals surface area contributed by atoms with Crippen molar-refractivity contribution in [2.75, 3.05) is 12.0 Å². The van der Waals surface area contributed by atoms with E-state index in [0.29, 0.717) is 16.0 Å². The molecule has 0 aliphatic carbocycles. The van der Waals surface area contributed by atoms with Crippen LogP contribution in [-0.4, -0.2) is 28.9 Å². The molecule has 1 N–H and O–H groups in total. The Morgan fingerprint density at radius 1 is 1.06 bits per heavy atom. The van der Waals surface area contributed by atoms with Crippen LogP contribution in [0.4, 0.5) is 13.9 Å². The predicted octanol–water partition coefficient (Wildman–Crippen LogP) is 5.21. The topological polar surface area (TPSA) is 79.7 Å². The predicted molar refractivity (Wildman–Crippen MR) is 124 cm³/mol. The highest BCUT2D eigenvalue weighted by Crippen LogP contribution is 2.45. The number of hydrogen-bond donors (Lipinski definition) is 1. The zero-order valence-electron chi connectivity index (χ0n) is 17.7. The van der Waals surface area contributed by atoms with Gasteiger partial charge < -0.3 is 9.84 Å². The van der Waals surface area contributed by atoms with Gasteiger partial charge in [0, 0.05) is 11.1 Å². The van der Waals surface area contributed by atoms with Crippen molar-refractivity contribution in [1.82, 2.24) is 4.98 Å². The van der Waals surface area contributed by atoms with Gasteiger partial charge in [0.15, 0.2) is 5.13 Å². The van der Waals surface area contributed by atoms with Gasteiger partial charge in [0.2, 0.25) is 0 Å². The first kappa shape index (κ1) is 21.7. The molecule has 1 fully saturated rings. The highest BCUT2D eigenvalue weighted by molar-refractivity contribution is 7.22. The Balaban J connectivity index is 1.73. The number of carbonyl (C=O) groups excluding carboxylic acids is 2. The lowest BCUT2D eigenvalue weighted by molar-refractivity contribution is -0.132. The number of aliphatic hydroxyl groups is 1. The van der Waals surface area contributed by atoms with Crippen LogP contribution in [0.1, 0.15) is 17.2 Å². The van der Waals surface area contributed by atoms with E-state index in [1.165, 1.54) is 37.4 Å². The van der Waals surface area contributed by atoms with Gasteiger partial charge in [-0.3, -0.25) is 14.5 Å². The van der Waals surface area contributed by atoms with E-state index in [4.69, 9.17) is 4.74 Å². The molecule has 0 saturated carbocycles. The summed E-state index contributed by atoms with van der Waals surface area (Å²) in [7, 11) is 1.52. The van der Waals surface area contributed by atoms with E-state index in [0.717, 1.165) is 28.4 Å². The third-order valence-electron chi connectivity index (χ3n) is 5.55. The molecule has 1 aliphatic rings. The van der Waals surface area contributed by atoms with Gasteiger partial charge >= 0.3 is 5.91 Å². The number of hydrogen-bond acceptors (Lipinski definition) is 6. The monoisotopic (exact) mass is 478 g/mol. The molecule has 1 amide bonds. The van der Waals surface area contributed by atoms with Crippen molar-refractivity contribution in [3.8, 4) is 5.75 Å². The number of nitrogens with zero attached hydrogens (tertiary/aromatic N) is 2. The summed E-state index contributed by atoms with van der Waals surface area (Å²) in [6.45, 7) is 0. The number of ether oxygens (including phenoxy) is 1. The van der Waals surface area contributed by atoms with Gasteiger partial charge in [0.1, 0.15) is 29.2 Å². The van der Waals surface area contributed by atoms with Crippen molar-refractivity contribution in [2.24, 2.45) is 0 Å². The van der Waals surface area contributed by atoms with Gasteiger partial charge in [0.25, 0.3) is 5.78 Å². The van der Waals surface area contributed by atoms with Crippen molar-refractivity contribution in [3.63, 3.8) is 0 Å². The van der Waals surface area contributed by atoms with E-state index in [2.05, 4.69) is 4.98 Å². The van der Waals surface area contributed by atoms with Crippen LogP contribution in [0.3, 0.4) is 0 Å². The second-order valence-corrected chi connectivity index (χ2v) is 8.54. The van der Waals surface area contributed by atoms with Crippen LogP contribution < -0.4 is 9.64 Å². The molecule has 1 aliphatic heterocycles. The first-order valence-corrected chi connectivity index (χ1v) is 11.0. The van der Waals surface area contributed by atoms with Crippen LogP contribution in [0.2, 0.25) is 0 Å². The van der Waals surface area contributed by atoms with Crippen molar-refractivity contribution >= 4 is 44.1 Å². The van der Waals surface area contributed by atoms with E-state index in [-0.39, 0.29) is 21.8 Å². The maximum absolute atomic E-state index is 14.9. The number of rotatable bonds is 4. The highest BCUT2D eigenvalue weighted by atomic mass is 32.1. The van der Waals surface area contributed by atoms with Crippen LogP contribution >= 0.6 is 11.3 Å². The molecule has 0 unspecified atom stereocenters. The van der Waals surface area contributed by atoms with E-state index in [1.54, 1.807) is 24.3 Å². The average molecular weight is 478 g/mol. The van der Waals surface area contributed by atoms with Gasteiger partial charge in [-0.1, -0.05) is 29.5 Å². The standard InChI is InChI=1S/C25H16F2N2O4S/c1-33-15-10-11-18-19(12-15)34-25(28-18)29-21(16-4-2-3-5-17(16)27)20(23(31)24(29)32)22(30)13-6-8-14(26)9-7-13/h2-12,21,30H,1H3/b22-20+/t21-/m0/s1. The fourth-order valence-corrected chi connectivity index (χ4v) is 4.93. The second kappa shape index (κ2) is 8.35. The molecule has 0 radical (unpaired) electrons. The van der Waals surface area contributed by atoms with Gasteiger partial charge in [-0.05, 0) is 48.5 Å². The molecule has 2 heterocycles.